The van der Waals surface area contributed by atoms with Crippen molar-refractivity contribution in [3.8, 4) is 11.5 Å². The van der Waals surface area contributed by atoms with Crippen LogP contribution in [0.4, 0.5) is 4.39 Å². The van der Waals surface area contributed by atoms with Crippen molar-refractivity contribution in [3.05, 3.63) is 53.6 Å². The summed E-state index contributed by atoms with van der Waals surface area (Å²) in [5.74, 6) is 0.497. The molecule has 0 amide bonds. The van der Waals surface area contributed by atoms with E-state index in [0.29, 0.717) is 17.1 Å². The Balaban J connectivity index is 2.34. The maximum Gasteiger partial charge on any atom is 0.151 e. The third kappa shape index (κ3) is 2.60. The Kier molecular flexibility index (Phi) is 3.35. The average molecular weight is 233 g/mol. The van der Waals surface area contributed by atoms with Crippen LogP contribution in [0.2, 0.25) is 0 Å². The van der Waals surface area contributed by atoms with E-state index in [4.69, 9.17) is 9.84 Å². The van der Waals surface area contributed by atoms with Gasteiger partial charge in [-0.3, -0.25) is 4.98 Å². The van der Waals surface area contributed by atoms with Crippen LogP contribution >= 0.6 is 0 Å². The first kappa shape index (κ1) is 11.5. The van der Waals surface area contributed by atoms with Gasteiger partial charge in [-0.2, -0.15) is 0 Å². The number of aromatic nitrogens is 1. The fraction of sp³-hybridized carbons (Fsp3) is 0.154. The van der Waals surface area contributed by atoms with Crippen molar-refractivity contribution in [1.82, 2.24) is 4.98 Å². The number of benzene rings is 1. The molecule has 1 N–H and O–H groups in total. The van der Waals surface area contributed by atoms with E-state index in [0.717, 1.165) is 5.56 Å². The summed E-state index contributed by atoms with van der Waals surface area (Å²) in [6.07, 6.45) is 3.06. The average Bonchev–Trinajstić information content (AvgIpc) is 2.34. The molecule has 0 saturated carbocycles. The number of ether oxygens (including phenoxy) is 1. The van der Waals surface area contributed by atoms with Crippen molar-refractivity contribution in [2.24, 2.45) is 0 Å². The Morgan fingerprint density at radius 2 is 2.12 bits per heavy atom. The summed E-state index contributed by atoms with van der Waals surface area (Å²) in [4.78, 5) is 3.91. The second-order valence-corrected chi connectivity index (χ2v) is 3.65. The third-order valence-corrected chi connectivity index (χ3v) is 2.41. The van der Waals surface area contributed by atoms with Crippen LogP contribution in [0.1, 0.15) is 11.1 Å². The highest BCUT2D eigenvalue weighted by Gasteiger charge is 2.07. The van der Waals surface area contributed by atoms with Crippen LogP contribution < -0.4 is 4.74 Å². The van der Waals surface area contributed by atoms with Crippen molar-refractivity contribution in [1.29, 1.82) is 0 Å². The molecule has 3 nitrogen and oxygen atoms in total. The van der Waals surface area contributed by atoms with Gasteiger partial charge in [0.15, 0.2) is 5.75 Å². The van der Waals surface area contributed by atoms with Gasteiger partial charge in [0.05, 0.1) is 12.8 Å². The number of aliphatic hydroxyl groups excluding tert-OH is 1. The molecule has 2 aromatic rings. The highest BCUT2D eigenvalue weighted by Crippen LogP contribution is 2.27. The first-order chi connectivity index (χ1) is 8.20. The summed E-state index contributed by atoms with van der Waals surface area (Å²) >= 11 is 0. The molecule has 0 radical (unpaired) electrons. The van der Waals surface area contributed by atoms with Gasteiger partial charge in [-0.15, -0.1) is 0 Å². The van der Waals surface area contributed by atoms with E-state index in [1.165, 1.54) is 18.3 Å². The Hall–Kier alpha value is -1.94. The molecule has 1 heterocycles. The Bertz CT molecular complexity index is 529. The molecule has 0 saturated heterocycles. The minimum Gasteiger partial charge on any atom is -0.455 e. The first-order valence-corrected chi connectivity index (χ1v) is 5.18. The number of nitrogens with zero attached hydrogens (tertiary/aromatic N) is 1. The predicted molar refractivity (Wildman–Crippen MR) is 61.4 cm³/mol. The lowest BCUT2D eigenvalue weighted by Gasteiger charge is -2.11. The SMILES string of the molecule is Cc1ccc(F)cc1Oc1cnccc1CO. The molecule has 0 aliphatic rings. The zero-order valence-corrected chi connectivity index (χ0v) is 9.35. The summed E-state index contributed by atoms with van der Waals surface area (Å²) < 4.78 is 18.6. The molecule has 1 aromatic heterocycles. The zero-order chi connectivity index (χ0) is 12.3. The third-order valence-electron chi connectivity index (χ3n) is 2.41. The van der Waals surface area contributed by atoms with Gasteiger partial charge in [-0.05, 0) is 24.6 Å². The van der Waals surface area contributed by atoms with Gasteiger partial charge in [-0.25, -0.2) is 4.39 Å². The normalized spacial score (nSPS) is 10.3. The molecule has 4 heteroatoms. The van der Waals surface area contributed by atoms with Crippen molar-refractivity contribution < 1.29 is 14.2 Å². The van der Waals surface area contributed by atoms with E-state index in [1.807, 2.05) is 6.92 Å². The molecular formula is C13H12FNO2. The van der Waals surface area contributed by atoms with Gasteiger partial charge in [0.25, 0.3) is 0 Å². The van der Waals surface area contributed by atoms with Crippen LogP contribution in [0, 0.1) is 12.7 Å². The number of hydrogen-bond donors (Lipinski definition) is 1. The van der Waals surface area contributed by atoms with E-state index in [-0.39, 0.29) is 12.4 Å². The topological polar surface area (TPSA) is 42.4 Å². The zero-order valence-electron chi connectivity index (χ0n) is 9.35. The van der Waals surface area contributed by atoms with Crippen LogP contribution in [0.15, 0.2) is 36.7 Å². The molecule has 0 aliphatic carbocycles. The van der Waals surface area contributed by atoms with Crippen LogP contribution in [-0.2, 0) is 6.61 Å². The Labute approximate surface area is 98.5 Å². The number of aryl methyl sites for hydroxylation is 1. The summed E-state index contributed by atoms with van der Waals surface area (Å²) in [6.45, 7) is 1.68. The quantitative estimate of drug-likeness (QED) is 0.886. The molecule has 17 heavy (non-hydrogen) atoms. The number of hydrogen-bond acceptors (Lipinski definition) is 3. The van der Waals surface area contributed by atoms with Gasteiger partial charge < -0.3 is 9.84 Å². The van der Waals surface area contributed by atoms with E-state index in [2.05, 4.69) is 4.98 Å². The molecule has 0 spiro atoms. The van der Waals surface area contributed by atoms with Crippen molar-refractivity contribution >= 4 is 0 Å². The largest absolute Gasteiger partial charge is 0.455 e. The Morgan fingerprint density at radius 3 is 2.88 bits per heavy atom. The number of rotatable bonds is 3. The summed E-state index contributed by atoms with van der Waals surface area (Å²) in [6, 6.07) is 5.98. The lowest BCUT2D eigenvalue weighted by Crippen LogP contribution is -1.94. The minimum absolute atomic E-state index is 0.147. The highest BCUT2D eigenvalue weighted by molar-refractivity contribution is 5.39. The predicted octanol–water partition coefficient (Wildman–Crippen LogP) is 2.81. The molecule has 2 rings (SSSR count). The van der Waals surface area contributed by atoms with E-state index in [1.54, 1.807) is 18.3 Å². The van der Waals surface area contributed by atoms with Crippen LogP contribution in [0.25, 0.3) is 0 Å². The van der Waals surface area contributed by atoms with E-state index in [9.17, 15) is 4.39 Å². The summed E-state index contributed by atoms with van der Waals surface area (Å²) in [5, 5.41) is 9.14. The van der Waals surface area contributed by atoms with Gasteiger partial charge in [0.2, 0.25) is 0 Å². The second kappa shape index (κ2) is 4.93. The molecule has 88 valence electrons. The molecule has 0 fully saturated rings. The summed E-state index contributed by atoms with van der Waals surface area (Å²) in [7, 11) is 0. The van der Waals surface area contributed by atoms with Gasteiger partial charge in [-0.1, -0.05) is 6.07 Å². The maximum atomic E-state index is 13.1. The second-order valence-electron chi connectivity index (χ2n) is 3.65. The molecule has 0 unspecified atom stereocenters. The highest BCUT2D eigenvalue weighted by atomic mass is 19.1. The molecular weight excluding hydrogens is 221 g/mol. The monoisotopic (exact) mass is 233 g/mol. The minimum atomic E-state index is -0.361. The fourth-order valence-corrected chi connectivity index (χ4v) is 1.43. The number of halogens is 1. The van der Waals surface area contributed by atoms with Gasteiger partial charge >= 0.3 is 0 Å². The van der Waals surface area contributed by atoms with Crippen LogP contribution in [0.3, 0.4) is 0 Å². The Morgan fingerprint density at radius 1 is 1.29 bits per heavy atom. The first-order valence-electron chi connectivity index (χ1n) is 5.18. The molecule has 0 bridgehead atoms. The van der Waals surface area contributed by atoms with Crippen molar-refractivity contribution in [2.75, 3.05) is 0 Å². The van der Waals surface area contributed by atoms with Gasteiger partial charge in [0, 0.05) is 17.8 Å². The standard InChI is InChI=1S/C13H12FNO2/c1-9-2-3-11(14)6-12(9)17-13-7-15-5-4-10(13)8-16/h2-7,16H,8H2,1H3. The van der Waals surface area contributed by atoms with Gasteiger partial charge in [0.1, 0.15) is 11.6 Å². The lowest BCUT2D eigenvalue weighted by atomic mass is 10.2. The summed E-state index contributed by atoms with van der Waals surface area (Å²) in [5.41, 5.74) is 1.43. The van der Waals surface area contributed by atoms with E-state index >= 15 is 0 Å². The molecule has 0 atom stereocenters. The number of aliphatic hydroxyl groups is 1. The maximum absolute atomic E-state index is 13.1. The smallest absolute Gasteiger partial charge is 0.151 e. The van der Waals surface area contributed by atoms with Crippen molar-refractivity contribution in [3.63, 3.8) is 0 Å². The lowest BCUT2D eigenvalue weighted by molar-refractivity contribution is 0.276. The molecule has 0 aliphatic heterocycles. The fourth-order valence-electron chi connectivity index (χ4n) is 1.43. The van der Waals surface area contributed by atoms with Crippen molar-refractivity contribution in [2.45, 2.75) is 13.5 Å². The van der Waals surface area contributed by atoms with Crippen LogP contribution in [0.5, 0.6) is 11.5 Å². The van der Waals surface area contributed by atoms with Crippen LogP contribution in [-0.4, -0.2) is 10.1 Å². The molecule has 1 aromatic carbocycles. The number of pyridine rings is 1. The van der Waals surface area contributed by atoms with E-state index < -0.39 is 0 Å².